The molecule has 0 spiro atoms. The summed E-state index contributed by atoms with van der Waals surface area (Å²) in [6, 6.07) is 3.23. The summed E-state index contributed by atoms with van der Waals surface area (Å²) in [5.74, 6) is 0.885. The zero-order chi connectivity index (χ0) is 21.2. The Morgan fingerprint density at radius 1 is 1.07 bits per heavy atom. The summed E-state index contributed by atoms with van der Waals surface area (Å²) in [7, 11) is 0. The molecule has 0 aliphatic carbocycles. The zero-order valence-electron chi connectivity index (χ0n) is 16.3. The van der Waals surface area contributed by atoms with Gasteiger partial charge in [-0.1, -0.05) is 46.4 Å². The van der Waals surface area contributed by atoms with Gasteiger partial charge < -0.3 is 14.2 Å². The molecule has 0 amide bonds. The van der Waals surface area contributed by atoms with Crippen molar-refractivity contribution in [3.63, 3.8) is 0 Å². The first-order valence-corrected chi connectivity index (χ1v) is 10.1. The van der Waals surface area contributed by atoms with Crippen LogP contribution in [0.25, 0.3) is 0 Å². The van der Waals surface area contributed by atoms with E-state index in [0.29, 0.717) is 41.2 Å². The molecule has 28 heavy (non-hydrogen) atoms. The number of nitrogens with one attached hydrogen (secondary N) is 1. The molecule has 0 aliphatic rings. The summed E-state index contributed by atoms with van der Waals surface area (Å²) in [5.41, 5.74) is 3.30. The van der Waals surface area contributed by atoms with Gasteiger partial charge in [0.05, 0.1) is 34.6 Å². The van der Waals surface area contributed by atoms with Gasteiger partial charge in [-0.25, -0.2) is 0 Å². The van der Waals surface area contributed by atoms with E-state index in [2.05, 4.69) is 5.48 Å². The van der Waals surface area contributed by atoms with E-state index in [9.17, 15) is 0 Å². The highest BCUT2D eigenvalue weighted by Crippen LogP contribution is 2.37. The Bertz CT molecular complexity index is 660. The summed E-state index contributed by atoms with van der Waals surface area (Å²) in [5, 5.41) is 0.701. The second-order valence-corrected chi connectivity index (χ2v) is 8.53. The van der Waals surface area contributed by atoms with Gasteiger partial charge in [-0.05, 0) is 33.8 Å². The van der Waals surface area contributed by atoms with Gasteiger partial charge in [-0.15, -0.1) is 0 Å². The maximum absolute atomic E-state index is 6.21. The molecular formula is C19H25Cl4NO4. The first-order valence-electron chi connectivity index (χ1n) is 8.56. The van der Waals surface area contributed by atoms with Crippen molar-refractivity contribution in [2.24, 2.45) is 0 Å². The molecule has 0 unspecified atom stereocenters. The molecule has 0 aliphatic heterocycles. The first kappa shape index (κ1) is 25.1. The van der Waals surface area contributed by atoms with Crippen molar-refractivity contribution in [3.8, 4) is 11.5 Å². The van der Waals surface area contributed by atoms with Gasteiger partial charge in [0.2, 0.25) is 0 Å². The monoisotopic (exact) mass is 471 g/mol. The fourth-order valence-corrected chi connectivity index (χ4v) is 2.42. The van der Waals surface area contributed by atoms with Crippen molar-refractivity contribution in [1.82, 2.24) is 5.48 Å². The predicted molar refractivity (Wildman–Crippen MR) is 116 cm³/mol. The first-order chi connectivity index (χ1) is 13.1. The van der Waals surface area contributed by atoms with Gasteiger partial charge in [-0.2, -0.15) is 0 Å². The van der Waals surface area contributed by atoms with Crippen molar-refractivity contribution >= 4 is 46.4 Å². The Labute approximate surface area is 186 Å². The Kier molecular flexibility index (Phi) is 11.2. The molecule has 1 N–H and O–H groups in total. The van der Waals surface area contributed by atoms with Crippen molar-refractivity contribution in [2.45, 2.75) is 39.7 Å². The second kappa shape index (κ2) is 12.6. The van der Waals surface area contributed by atoms with Crippen molar-refractivity contribution in [3.05, 3.63) is 44.7 Å². The third-order valence-corrected chi connectivity index (χ3v) is 3.76. The normalized spacial score (nSPS) is 11.8. The van der Waals surface area contributed by atoms with E-state index in [0.717, 1.165) is 5.70 Å². The summed E-state index contributed by atoms with van der Waals surface area (Å²) >= 11 is 23.5. The van der Waals surface area contributed by atoms with Gasteiger partial charge in [0.15, 0.2) is 5.75 Å². The summed E-state index contributed by atoms with van der Waals surface area (Å²) < 4.78 is 16.7. The summed E-state index contributed by atoms with van der Waals surface area (Å²) in [6.45, 7) is 8.77. The number of hydrogen-bond acceptors (Lipinski definition) is 5. The van der Waals surface area contributed by atoms with E-state index >= 15 is 0 Å². The maximum Gasteiger partial charge on any atom is 0.156 e. The number of benzene rings is 1. The molecule has 0 saturated heterocycles. The number of hydroxylamine groups is 1. The van der Waals surface area contributed by atoms with Gasteiger partial charge in [0.1, 0.15) is 23.1 Å². The molecule has 0 saturated carbocycles. The van der Waals surface area contributed by atoms with Crippen molar-refractivity contribution < 1.29 is 19.0 Å². The van der Waals surface area contributed by atoms with Gasteiger partial charge in [-0.3, -0.25) is 10.3 Å². The summed E-state index contributed by atoms with van der Waals surface area (Å²) in [6.07, 6.45) is 3.75. The lowest BCUT2D eigenvalue weighted by atomic mass is 10.2. The molecule has 0 aromatic heterocycles. The van der Waals surface area contributed by atoms with E-state index in [4.69, 9.17) is 65.5 Å². The van der Waals surface area contributed by atoms with Crippen LogP contribution in [-0.2, 0) is 9.57 Å². The molecule has 5 nitrogen and oxygen atoms in total. The Morgan fingerprint density at radius 3 is 2.29 bits per heavy atom. The van der Waals surface area contributed by atoms with Crippen LogP contribution < -0.4 is 15.0 Å². The van der Waals surface area contributed by atoms with Crippen LogP contribution in [0.5, 0.6) is 11.5 Å². The fourth-order valence-electron chi connectivity index (χ4n) is 1.72. The lowest BCUT2D eigenvalue weighted by molar-refractivity contribution is -0.0589. The highest BCUT2D eigenvalue weighted by atomic mass is 35.5. The Morgan fingerprint density at radius 2 is 1.71 bits per heavy atom. The Hall–Kier alpha value is -0.980. The van der Waals surface area contributed by atoms with Crippen LogP contribution in [0.1, 0.15) is 34.1 Å². The van der Waals surface area contributed by atoms with Gasteiger partial charge >= 0.3 is 0 Å². The minimum Gasteiger partial charge on any atom is -0.499 e. The standard InChI is InChI=1S/C19H25Cl4NO4/c1-13(24-28-19(2,3)4)12-25-7-5-8-27-18-15(20)10-14(11-16(18)21)26-9-6-17(22)23/h6,10-12,24H,5,7-9H2,1-4H3. The molecule has 1 aromatic rings. The molecule has 0 heterocycles. The minimum absolute atomic E-state index is 0.127. The van der Waals surface area contributed by atoms with E-state index in [1.54, 1.807) is 18.4 Å². The quantitative estimate of drug-likeness (QED) is 0.221. The van der Waals surface area contributed by atoms with Crippen LogP contribution >= 0.6 is 46.4 Å². The van der Waals surface area contributed by atoms with Crippen molar-refractivity contribution in [1.29, 1.82) is 0 Å². The van der Waals surface area contributed by atoms with E-state index in [1.807, 2.05) is 27.7 Å². The summed E-state index contributed by atoms with van der Waals surface area (Å²) in [4.78, 5) is 5.42. The molecule has 1 aromatic carbocycles. The lowest BCUT2D eigenvalue weighted by Crippen LogP contribution is -2.28. The number of rotatable bonds is 11. The van der Waals surface area contributed by atoms with Crippen LogP contribution in [0.2, 0.25) is 10.0 Å². The molecule has 0 fully saturated rings. The van der Waals surface area contributed by atoms with Crippen LogP contribution in [0, 0.1) is 0 Å². The molecule has 1 rings (SSSR count). The third kappa shape index (κ3) is 11.1. The van der Waals surface area contributed by atoms with Crippen LogP contribution in [-0.4, -0.2) is 25.4 Å². The maximum atomic E-state index is 6.21. The molecule has 0 atom stereocenters. The fraction of sp³-hybridized carbons (Fsp3) is 0.474. The predicted octanol–water partition coefficient (Wildman–Crippen LogP) is 6.66. The molecule has 9 heteroatoms. The number of allylic oxidation sites excluding steroid dienone is 1. The van der Waals surface area contributed by atoms with E-state index in [-0.39, 0.29) is 16.7 Å². The smallest absolute Gasteiger partial charge is 0.156 e. The van der Waals surface area contributed by atoms with E-state index < -0.39 is 0 Å². The SMILES string of the molecule is CC(=COCCCOc1c(Cl)cc(OCC=C(Cl)Cl)cc1Cl)NOC(C)(C)C. The number of halogens is 4. The number of ether oxygens (including phenoxy) is 3. The topological polar surface area (TPSA) is 49.0 Å². The molecular weight excluding hydrogens is 448 g/mol. The lowest BCUT2D eigenvalue weighted by Gasteiger charge is -2.20. The highest BCUT2D eigenvalue weighted by Gasteiger charge is 2.11. The van der Waals surface area contributed by atoms with Gasteiger partial charge in [0, 0.05) is 18.6 Å². The molecule has 0 bridgehead atoms. The molecule has 158 valence electrons. The average Bonchev–Trinajstić information content (AvgIpc) is 2.57. The Balaban J connectivity index is 2.38. The zero-order valence-corrected chi connectivity index (χ0v) is 19.3. The second-order valence-electron chi connectivity index (χ2n) is 6.71. The van der Waals surface area contributed by atoms with Gasteiger partial charge in [0.25, 0.3) is 0 Å². The van der Waals surface area contributed by atoms with Crippen LogP contribution in [0.4, 0.5) is 0 Å². The van der Waals surface area contributed by atoms with Crippen LogP contribution in [0.3, 0.4) is 0 Å². The largest absolute Gasteiger partial charge is 0.499 e. The molecule has 0 radical (unpaired) electrons. The van der Waals surface area contributed by atoms with Crippen LogP contribution in [0.15, 0.2) is 34.7 Å². The average molecular weight is 473 g/mol. The number of hydrogen-bond donors (Lipinski definition) is 1. The minimum atomic E-state index is -0.282. The highest BCUT2D eigenvalue weighted by molar-refractivity contribution is 6.55. The van der Waals surface area contributed by atoms with Crippen molar-refractivity contribution in [2.75, 3.05) is 19.8 Å². The van der Waals surface area contributed by atoms with E-state index in [1.165, 1.54) is 6.08 Å². The third-order valence-electron chi connectivity index (χ3n) is 2.89.